The van der Waals surface area contributed by atoms with Crippen molar-refractivity contribution in [2.45, 2.75) is 89.5 Å². The van der Waals surface area contributed by atoms with Crippen LogP contribution in [0.2, 0.25) is 0 Å². The van der Waals surface area contributed by atoms with Gasteiger partial charge in [0.05, 0.1) is 12.0 Å². The van der Waals surface area contributed by atoms with Gasteiger partial charge in [-0.25, -0.2) is 4.79 Å². The Kier molecular flexibility index (Phi) is 7.46. The summed E-state index contributed by atoms with van der Waals surface area (Å²) in [5.74, 6) is -0.626. The van der Waals surface area contributed by atoms with Gasteiger partial charge in [0.1, 0.15) is 31.0 Å². The summed E-state index contributed by atoms with van der Waals surface area (Å²) in [6.07, 6.45) is -0.272. The highest BCUT2D eigenvalue weighted by Gasteiger charge is 2.58. The van der Waals surface area contributed by atoms with E-state index < -0.39 is 48.7 Å². The number of fused-ring (bicyclic) bond motifs is 1. The first-order valence-corrected chi connectivity index (χ1v) is 12.6. The molecule has 0 aromatic heterocycles. The lowest BCUT2D eigenvalue weighted by Crippen LogP contribution is -2.61. The largest absolute Gasteiger partial charge is 0.458 e. The lowest BCUT2D eigenvalue weighted by molar-refractivity contribution is -0.297. The first-order valence-electron chi connectivity index (χ1n) is 12.6. The molecule has 0 bridgehead atoms. The third-order valence-corrected chi connectivity index (χ3v) is 9.03. The maximum atomic E-state index is 13.6. The number of hydrogen-bond acceptors (Lipinski definition) is 9. The molecule has 2 aliphatic heterocycles. The fourth-order valence-electron chi connectivity index (χ4n) is 7.02. The highest BCUT2D eigenvalue weighted by atomic mass is 16.7. The molecule has 4 rings (SSSR count). The van der Waals surface area contributed by atoms with Gasteiger partial charge in [0.15, 0.2) is 0 Å². The molecule has 0 unspecified atom stereocenters. The van der Waals surface area contributed by atoms with Crippen molar-refractivity contribution in [3.8, 4) is 0 Å². The summed E-state index contributed by atoms with van der Waals surface area (Å²) in [6, 6.07) is 0. The Morgan fingerprint density at radius 3 is 2.60 bits per heavy atom. The highest BCUT2D eigenvalue weighted by Crippen LogP contribution is 2.62. The Morgan fingerprint density at radius 2 is 1.94 bits per heavy atom. The van der Waals surface area contributed by atoms with Crippen LogP contribution >= 0.6 is 0 Å². The number of cyclic esters (lactones) is 1. The molecule has 9 heteroatoms. The minimum atomic E-state index is -1.63. The molecule has 0 spiro atoms. The van der Waals surface area contributed by atoms with Gasteiger partial charge in [0.2, 0.25) is 6.29 Å². The van der Waals surface area contributed by atoms with Crippen molar-refractivity contribution in [2.75, 3.05) is 13.2 Å². The predicted octanol–water partition coefficient (Wildman–Crippen LogP) is 1.37. The smallest absolute Gasteiger partial charge is 0.331 e. The zero-order chi connectivity index (χ0) is 25.5. The van der Waals surface area contributed by atoms with Crippen LogP contribution in [0.4, 0.5) is 0 Å². The molecular weight excluding hydrogens is 456 g/mol. The summed E-state index contributed by atoms with van der Waals surface area (Å²) in [5.41, 5.74) is 1.12. The molecular formula is C26H38O9. The summed E-state index contributed by atoms with van der Waals surface area (Å²) in [4.78, 5) is 25.0. The molecule has 4 N–H and O–H groups in total. The summed E-state index contributed by atoms with van der Waals surface area (Å²) < 4.78 is 16.1. The van der Waals surface area contributed by atoms with Crippen LogP contribution in [0, 0.1) is 22.7 Å². The van der Waals surface area contributed by atoms with Crippen molar-refractivity contribution in [1.82, 2.24) is 0 Å². The van der Waals surface area contributed by atoms with Crippen LogP contribution < -0.4 is 0 Å². The van der Waals surface area contributed by atoms with E-state index in [9.17, 15) is 30.0 Å². The zero-order valence-electron chi connectivity index (χ0n) is 20.5. The summed E-state index contributed by atoms with van der Waals surface area (Å²) in [6.45, 7) is 8.22. The maximum Gasteiger partial charge on any atom is 0.331 e. The van der Waals surface area contributed by atoms with Crippen LogP contribution in [0.25, 0.3) is 0 Å². The summed E-state index contributed by atoms with van der Waals surface area (Å²) in [7, 11) is 0. The fourth-order valence-corrected chi connectivity index (χ4v) is 7.02. The molecule has 3 fully saturated rings. The number of ether oxygens (including phenoxy) is 3. The standard InChI is InChI=1S/C26H38O9/c1-14-5-8-18-25(2,16(14)7-6-15-11-19(28)33-13-15)9-4-10-26(18,3)24(32)35-23-22(31)21(30)20(29)17(12-27)34-23/h11,16-18,20-23,27,29-31H,1,4-10,12-13H2,2-3H3/t16-,17+,18+,20+,21-,22+,23-,25+,26-/m0/s1. The minimum Gasteiger partial charge on any atom is -0.458 e. The van der Waals surface area contributed by atoms with E-state index in [-0.39, 0.29) is 23.2 Å². The molecule has 0 aromatic rings. The van der Waals surface area contributed by atoms with Crippen molar-refractivity contribution < 1.29 is 44.2 Å². The Labute approximate surface area is 205 Å². The second-order valence-electron chi connectivity index (χ2n) is 11.1. The van der Waals surface area contributed by atoms with Crippen molar-refractivity contribution >= 4 is 11.9 Å². The predicted molar refractivity (Wildman–Crippen MR) is 124 cm³/mol. The quantitative estimate of drug-likeness (QED) is 0.318. The summed E-state index contributed by atoms with van der Waals surface area (Å²) >= 11 is 0. The van der Waals surface area contributed by atoms with Gasteiger partial charge in [-0.15, -0.1) is 0 Å². The van der Waals surface area contributed by atoms with E-state index in [0.29, 0.717) is 13.0 Å². The topological polar surface area (TPSA) is 143 Å². The molecule has 0 radical (unpaired) electrons. The molecule has 0 amide bonds. The molecule has 2 saturated carbocycles. The lowest BCUT2D eigenvalue weighted by Gasteiger charge is -2.58. The third-order valence-electron chi connectivity index (χ3n) is 9.03. The van der Waals surface area contributed by atoms with E-state index in [1.807, 2.05) is 6.92 Å². The van der Waals surface area contributed by atoms with Crippen LogP contribution in [-0.4, -0.2) is 76.3 Å². The molecule has 196 valence electrons. The Bertz CT molecular complexity index is 882. The number of carbonyl (C=O) groups excluding carboxylic acids is 2. The van der Waals surface area contributed by atoms with Crippen LogP contribution in [0.5, 0.6) is 0 Å². The number of rotatable bonds is 6. The zero-order valence-corrected chi connectivity index (χ0v) is 20.5. The lowest BCUT2D eigenvalue weighted by atomic mass is 9.46. The molecule has 35 heavy (non-hydrogen) atoms. The van der Waals surface area contributed by atoms with E-state index in [2.05, 4.69) is 13.5 Å². The average Bonchev–Trinajstić information content (AvgIpc) is 3.23. The van der Waals surface area contributed by atoms with Gasteiger partial charge in [-0.2, -0.15) is 0 Å². The van der Waals surface area contributed by atoms with Gasteiger partial charge in [-0.05, 0) is 68.3 Å². The Morgan fingerprint density at radius 1 is 1.20 bits per heavy atom. The minimum absolute atomic E-state index is 0.00655. The second kappa shape index (κ2) is 9.94. The summed E-state index contributed by atoms with van der Waals surface area (Å²) in [5, 5.41) is 39.9. The second-order valence-corrected chi connectivity index (χ2v) is 11.1. The normalized spacial score (nSPS) is 43.8. The SMILES string of the molecule is C=C1CC[C@@H]2[C@](C)(CCC[C@]2(C)C(=O)O[C@@H]2O[C@H](CO)[C@@H](O)[C@H](O)[C@H]2O)[C@H]1CCC1=CC(=O)OC1. The molecule has 9 atom stereocenters. The third kappa shape index (κ3) is 4.69. The van der Waals surface area contributed by atoms with Gasteiger partial charge in [-0.1, -0.05) is 25.5 Å². The molecule has 4 aliphatic rings. The highest BCUT2D eigenvalue weighted by molar-refractivity contribution is 5.85. The van der Waals surface area contributed by atoms with Crippen molar-refractivity contribution in [2.24, 2.45) is 22.7 Å². The number of aliphatic hydroxyl groups is 4. The molecule has 9 nitrogen and oxygen atoms in total. The van der Waals surface area contributed by atoms with Gasteiger partial charge < -0.3 is 34.6 Å². The van der Waals surface area contributed by atoms with Crippen molar-refractivity contribution in [3.63, 3.8) is 0 Å². The van der Waals surface area contributed by atoms with E-state index in [1.54, 1.807) is 6.08 Å². The molecule has 2 aliphatic carbocycles. The fraction of sp³-hybridized carbons (Fsp3) is 0.769. The van der Waals surface area contributed by atoms with Crippen LogP contribution in [0.1, 0.15) is 58.8 Å². The molecule has 1 saturated heterocycles. The average molecular weight is 495 g/mol. The van der Waals surface area contributed by atoms with Crippen molar-refractivity contribution in [3.05, 3.63) is 23.8 Å². The van der Waals surface area contributed by atoms with E-state index in [0.717, 1.165) is 44.1 Å². The first kappa shape index (κ1) is 26.3. The number of aliphatic hydroxyl groups excluding tert-OH is 4. The van der Waals surface area contributed by atoms with Gasteiger partial charge in [0, 0.05) is 6.08 Å². The van der Waals surface area contributed by atoms with Gasteiger partial charge in [0.25, 0.3) is 0 Å². The van der Waals surface area contributed by atoms with Crippen molar-refractivity contribution in [1.29, 1.82) is 0 Å². The Hall–Kier alpha value is -1.78. The van der Waals surface area contributed by atoms with Gasteiger partial charge >= 0.3 is 11.9 Å². The van der Waals surface area contributed by atoms with E-state index in [4.69, 9.17) is 14.2 Å². The number of esters is 2. The number of hydrogen-bond donors (Lipinski definition) is 4. The molecule has 2 heterocycles. The van der Waals surface area contributed by atoms with Crippen LogP contribution in [0.15, 0.2) is 23.8 Å². The maximum absolute atomic E-state index is 13.6. The van der Waals surface area contributed by atoms with E-state index in [1.165, 1.54) is 5.57 Å². The number of allylic oxidation sites excluding steroid dienone is 1. The van der Waals surface area contributed by atoms with Crippen LogP contribution in [-0.2, 0) is 23.8 Å². The monoisotopic (exact) mass is 494 g/mol. The van der Waals surface area contributed by atoms with E-state index >= 15 is 0 Å². The first-order chi connectivity index (χ1) is 16.5. The van der Waals surface area contributed by atoms with Gasteiger partial charge in [-0.3, -0.25) is 4.79 Å². The Balaban J connectivity index is 1.51. The molecule has 0 aromatic carbocycles. The number of carbonyl (C=O) groups is 2. The van der Waals surface area contributed by atoms with Crippen LogP contribution in [0.3, 0.4) is 0 Å².